The zero-order valence-corrected chi connectivity index (χ0v) is 19.7. The molecule has 7 nitrogen and oxygen atoms in total. The summed E-state index contributed by atoms with van der Waals surface area (Å²) in [6.45, 7) is 6.99. The van der Waals surface area contributed by atoms with Crippen LogP contribution < -0.4 is 5.32 Å². The molecule has 0 radical (unpaired) electrons. The molecule has 1 aliphatic heterocycles. The second-order valence-electron chi connectivity index (χ2n) is 9.91. The molecule has 1 N–H and O–H groups in total. The zero-order valence-electron chi connectivity index (χ0n) is 19.7. The van der Waals surface area contributed by atoms with Crippen LogP contribution >= 0.6 is 0 Å². The number of benzene rings is 1. The number of hydrogen-bond donors (Lipinski definition) is 1. The minimum atomic E-state index is -0.481. The van der Waals surface area contributed by atoms with Crippen LogP contribution in [-0.2, 0) is 14.3 Å². The van der Waals surface area contributed by atoms with E-state index >= 15 is 0 Å². The van der Waals surface area contributed by atoms with Crippen molar-refractivity contribution in [3.05, 3.63) is 35.4 Å². The number of nitrogens with zero attached hydrogens (tertiary/aromatic N) is 1. The Balaban J connectivity index is 1.47. The van der Waals surface area contributed by atoms with Crippen molar-refractivity contribution in [2.75, 3.05) is 20.2 Å². The Morgan fingerprint density at radius 3 is 2.06 bits per heavy atom. The average Bonchev–Trinajstić information content (AvgIpc) is 2.78. The van der Waals surface area contributed by atoms with Crippen molar-refractivity contribution < 1.29 is 23.9 Å². The molecule has 2 amide bonds. The average molecular weight is 445 g/mol. The van der Waals surface area contributed by atoms with Crippen LogP contribution in [0.3, 0.4) is 0 Å². The quantitative estimate of drug-likeness (QED) is 0.702. The van der Waals surface area contributed by atoms with Gasteiger partial charge >= 0.3 is 12.1 Å². The second-order valence-corrected chi connectivity index (χ2v) is 9.91. The van der Waals surface area contributed by atoms with Crippen LogP contribution in [0.1, 0.15) is 81.1 Å². The molecule has 32 heavy (non-hydrogen) atoms. The lowest BCUT2D eigenvalue weighted by molar-refractivity contribution is -0.146. The van der Waals surface area contributed by atoms with E-state index in [0.717, 1.165) is 38.5 Å². The van der Waals surface area contributed by atoms with Crippen LogP contribution in [0, 0.1) is 5.92 Å². The van der Waals surface area contributed by atoms with Gasteiger partial charge in [0.25, 0.3) is 5.91 Å². The molecule has 1 saturated heterocycles. The first-order chi connectivity index (χ1) is 15.2. The summed E-state index contributed by atoms with van der Waals surface area (Å²) in [5.74, 6) is 0.105. The summed E-state index contributed by atoms with van der Waals surface area (Å²) in [6, 6.07) is 7.91. The summed E-state index contributed by atoms with van der Waals surface area (Å²) >= 11 is 0. The number of carbonyl (C=O) groups excluding carboxylic acids is 3. The van der Waals surface area contributed by atoms with Crippen LogP contribution in [-0.4, -0.2) is 54.7 Å². The fraction of sp³-hybridized carbons (Fsp3) is 0.640. The molecule has 1 saturated carbocycles. The van der Waals surface area contributed by atoms with Crippen molar-refractivity contribution in [2.45, 2.75) is 76.9 Å². The lowest BCUT2D eigenvalue weighted by Gasteiger charge is -2.33. The van der Waals surface area contributed by atoms with Gasteiger partial charge in [-0.05, 0) is 82.9 Å². The summed E-state index contributed by atoms with van der Waals surface area (Å²) < 4.78 is 10.3. The topological polar surface area (TPSA) is 84.9 Å². The Morgan fingerprint density at radius 1 is 0.938 bits per heavy atom. The first-order valence-electron chi connectivity index (χ1n) is 11.6. The van der Waals surface area contributed by atoms with Gasteiger partial charge in [-0.25, -0.2) is 4.79 Å². The Labute approximate surface area is 190 Å². The fourth-order valence-electron chi connectivity index (χ4n) is 4.54. The van der Waals surface area contributed by atoms with Gasteiger partial charge < -0.3 is 19.7 Å². The third-order valence-corrected chi connectivity index (χ3v) is 6.39. The fourth-order valence-corrected chi connectivity index (χ4v) is 4.54. The van der Waals surface area contributed by atoms with E-state index in [0.29, 0.717) is 24.6 Å². The SMILES string of the molecule is COC(=O)[C@H]1CC[C@H](NC(=O)c2ccc(C3CCN(C(=O)OC(C)(C)C)CC3)cc2)CC1. The Hall–Kier alpha value is -2.57. The molecular weight excluding hydrogens is 408 g/mol. The molecule has 2 fully saturated rings. The predicted molar refractivity (Wildman–Crippen MR) is 121 cm³/mol. The van der Waals surface area contributed by atoms with E-state index < -0.39 is 5.60 Å². The maximum absolute atomic E-state index is 12.6. The van der Waals surface area contributed by atoms with E-state index in [9.17, 15) is 14.4 Å². The first kappa shape index (κ1) is 24.1. The molecule has 176 valence electrons. The number of likely N-dealkylation sites (tertiary alicyclic amines) is 1. The third-order valence-electron chi connectivity index (χ3n) is 6.39. The van der Waals surface area contributed by atoms with Crippen molar-refractivity contribution in [1.82, 2.24) is 10.2 Å². The summed E-state index contributed by atoms with van der Waals surface area (Å²) in [5.41, 5.74) is 1.37. The van der Waals surface area contributed by atoms with Crippen LogP contribution in [0.4, 0.5) is 4.79 Å². The Kier molecular flexibility index (Phi) is 7.80. The monoisotopic (exact) mass is 444 g/mol. The lowest BCUT2D eigenvalue weighted by Crippen LogP contribution is -2.41. The van der Waals surface area contributed by atoms with Gasteiger partial charge in [0, 0.05) is 24.7 Å². The van der Waals surface area contributed by atoms with E-state index in [2.05, 4.69) is 5.32 Å². The molecule has 0 unspecified atom stereocenters. The maximum Gasteiger partial charge on any atom is 0.410 e. The Morgan fingerprint density at radius 2 is 1.53 bits per heavy atom. The van der Waals surface area contributed by atoms with Crippen LogP contribution in [0.25, 0.3) is 0 Å². The summed E-state index contributed by atoms with van der Waals surface area (Å²) in [5, 5.41) is 3.10. The second kappa shape index (κ2) is 10.4. The van der Waals surface area contributed by atoms with Crippen molar-refractivity contribution >= 4 is 18.0 Å². The van der Waals surface area contributed by atoms with Gasteiger partial charge in [0.15, 0.2) is 0 Å². The van der Waals surface area contributed by atoms with Crippen molar-refractivity contribution in [2.24, 2.45) is 5.92 Å². The summed E-state index contributed by atoms with van der Waals surface area (Å²) in [4.78, 5) is 38.3. The minimum Gasteiger partial charge on any atom is -0.469 e. The van der Waals surface area contributed by atoms with Crippen molar-refractivity contribution in [3.8, 4) is 0 Å². The number of esters is 1. The van der Waals surface area contributed by atoms with Gasteiger partial charge in [0.1, 0.15) is 5.60 Å². The van der Waals surface area contributed by atoms with Crippen molar-refractivity contribution in [3.63, 3.8) is 0 Å². The highest BCUT2D eigenvalue weighted by Crippen LogP contribution is 2.29. The number of nitrogens with one attached hydrogen (secondary N) is 1. The van der Waals surface area contributed by atoms with Gasteiger partial charge in [-0.2, -0.15) is 0 Å². The number of methoxy groups -OCH3 is 1. The number of carbonyl (C=O) groups is 3. The van der Waals surface area contributed by atoms with E-state index in [4.69, 9.17) is 9.47 Å². The van der Waals surface area contributed by atoms with Gasteiger partial charge in [0.2, 0.25) is 0 Å². The Bertz CT molecular complexity index is 799. The van der Waals surface area contributed by atoms with E-state index in [1.54, 1.807) is 4.90 Å². The third kappa shape index (κ3) is 6.47. The minimum absolute atomic E-state index is 0.0471. The summed E-state index contributed by atoms with van der Waals surface area (Å²) in [7, 11) is 1.42. The zero-order chi connectivity index (χ0) is 23.3. The highest BCUT2D eigenvalue weighted by molar-refractivity contribution is 5.94. The predicted octanol–water partition coefficient (Wildman–Crippen LogP) is 4.26. The molecule has 0 atom stereocenters. The molecule has 0 aromatic heterocycles. The van der Waals surface area contributed by atoms with E-state index in [-0.39, 0.29) is 29.9 Å². The highest BCUT2D eigenvalue weighted by atomic mass is 16.6. The molecular formula is C25H36N2O5. The standard InChI is InChI=1S/C25H36N2O5/c1-25(2,3)32-24(30)27-15-13-18(14-16-27)17-5-7-19(8-6-17)22(28)26-21-11-9-20(10-12-21)23(29)31-4/h5-8,18,20-21H,9-16H2,1-4H3,(H,26,28)/t20-,21-. The van der Waals surface area contributed by atoms with Gasteiger partial charge in [0.05, 0.1) is 13.0 Å². The molecule has 0 bridgehead atoms. The van der Waals surface area contributed by atoms with Crippen LogP contribution in [0.15, 0.2) is 24.3 Å². The molecule has 1 aromatic rings. The maximum atomic E-state index is 12.6. The smallest absolute Gasteiger partial charge is 0.410 e. The molecule has 3 rings (SSSR count). The lowest BCUT2D eigenvalue weighted by atomic mass is 9.86. The molecule has 1 aromatic carbocycles. The highest BCUT2D eigenvalue weighted by Gasteiger charge is 2.29. The molecule has 0 spiro atoms. The van der Waals surface area contributed by atoms with Gasteiger partial charge in [-0.15, -0.1) is 0 Å². The van der Waals surface area contributed by atoms with Gasteiger partial charge in [-0.1, -0.05) is 12.1 Å². The molecule has 2 aliphatic rings. The number of rotatable bonds is 4. The normalized spacial score (nSPS) is 22.2. The van der Waals surface area contributed by atoms with E-state index in [1.807, 2.05) is 45.0 Å². The number of amides is 2. The number of piperidine rings is 1. The number of ether oxygens (including phenoxy) is 2. The first-order valence-corrected chi connectivity index (χ1v) is 11.6. The number of hydrogen-bond acceptors (Lipinski definition) is 5. The van der Waals surface area contributed by atoms with E-state index in [1.165, 1.54) is 12.7 Å². The van der Waals surface area contributed by atoms with Gasteiger partial charge in [-0.3, -0.25) is 9.59 Å². The van der Waals surface area contributed by atoms with Crippen molar-refractivity contribution in [1.29, 1.82) is 0 Å². The summed E-state index contributed by atoms with van der Waals surface area (Å²) in [6.07, 6.45) is 4.60. The molecule has 7 heteroatoms. The molecule has 1 heterocycles. The van der Waals surface area contributed by atoms with Crippen LogP contribution in [0.2, 0.25) is 0 Å². The molecule has 1 aliphatic carbocycles. The van der Waals surface area contributed by atoms with Crippen LogP contribution in [0.5, 0.6) is 0 Å². The largest absolute Gasteiger partial charge is 0.469 e.